The zero-order valence-corrected chi connectivity index (χ0v) is 26.0. The Hall–Kier alpha value is -4.36. The summed E-state index contributed by atoms with van der Waals surface area (Å²) in [4.78, 5) is 2.28. The van der Waals surface area contributed by atoms with Crippen molar-refractivity contribution in [3.05, 3.63) is 144 Å². The van der Waals surface area contributed by atoms with E-state index in [9.17, 15) is 0 Å². The van der Waals surface area contributed by atoms with Crippen molar-refractivity contribution in [3.8, 4) is 33.4 Å². The zero-order valence-electron chi connectivity index (χ0n) is 26.0. The standard InChI is InChI=1S/C42H41N/c1-27(2)38-26-39-29(4)25-40(38)42-36(32-9-7-6-8-10-32)23-24-37(41(39)42)33-17-21-35(22-18-33)43(5)34-19-15-31(16-20-34)30-13-11-28(3)12-14-30/h6-25,27,38-40H,26H2,1-5H3. The third kappa shape index (κ3) is 4.91. The average Bonchev–Trinajstić information content (AvgIpc) is 3.05. The number of hydrogen-bond acceptors (Lipinski definition) is 1. The molecule has 0 fully saturated rings. The van der Waals surface area contributed by atoms with Gasteiger partial charge in [-0.05, 0) is 101 Å². The summed E-state index contributed by atoms with van der Waals surface area (Å²) in [6.45, 7) is 9.31. The Bertz CT molecular complexity index is 1770. The first-order chi connectivity index (χ1) is 20.9. The van der Waals surface area contributed by atoms with Crippen LogP contribution >= 0.6 is 0 Å². The van der Waals surface area contributed by atoms with Crippen LogP contribution in [0.2, 0.25) is 0 Å². The molecule has 3 aliphatic carbocycles. The fraction of sp³-hybridized carbons (Fsp3) is 0.238. The minimum atomic E-state index is 0.475. The van der Waals surface area contributed by atoms with Crippen LogP contribution in [0.1, 0.15) is 55.7 Å². The van der Waals surface area contributed by atoms with Crippen molar-refractivity contribution in [2.75, 3.05) is 11.9 Å². The number of rotatable bonds is 6. The SMILES string of the molecule is CC1=CC2c3c(-c4ccccc4)ccc(-c4ccc(N(C)c5ccc(-c6ccc(C)cc6)cc5)cc4)c3C1CC2C(C)C. The van der Waals surface area contributed by atoms with E-state index in [0.717, 1.165) is 0 Å². The predicted octanol–water partition coefficient (Wildman–Crippen LogP) is 11.6. The van der Waals surface area contributed by atoms with Crippen LogP contribution in [-0.2, 0) is 0 Å². The number of hydrogen-bond donors (Lipinski definition) is 0. The number of fused-ring (bicyclic) bond motifs is 1. The molecule has 8 rings (SSSR count). The minimum absolute atomic E-state index is 0.475. The Morgan fingerprint density at radius 2 is 1.09 bits per heavy atom. The van der Waals surface area contributed by atoms with E-state index in [2.05, 4.69) is 161 Å². The number of aryl methyl sites for hydroxylation is 1. The van der Waals surface area contributed by atoms with Crippen molar-refractivity contribution in [3.63, 3.8) is 0 Å². The van der Waals surface area contributed by atoms with Crippen molar-refractivity contribution in [1.29, 1.82) is 0 Å². The lowest BCUT2D eigenvalue weighted by molar-refractivity contribution is 0.281. The van der Waals surface area contributed by atoms with Gasteiger partial charge in [-0.1, -0.05) is 122 Å². The smallest absolute Gasteiger partial charge is 0.0408 e. The second-order valence-corrected chi connectivity index (χ2v) is 13.0. The van der Waals surface area contributed by atoms with Gasteiger partial charge in [-0.15, -0.1) is 0 Å². The molecule has 3 atom stereocenters. The van der Waals surface area contributed by atoms with Crippen LogP contribution in [0.25, 0.3) is 33.4 Å². The van der Waals surface area contributed by atoms with Gasteiger partial charge in [0, 0.05) is 30.3 Å². The minimum Gasteiger partial charge on any atom is -0.345 e. The van der Waals surface area contributed by atoms with E-state index in [1.807, 2.05) is 0 Å². The van der Waals surface area contributed by atoms with E-state index in [4.69, 9.17) is 0 Å². The van der Waals surface area contributed by atoms with Crippen LogP contribution in [0, 0.1) is 18.8 Å². The van der Waals surface area contributed by atoms with Gasteiger partial charge in [0.15, 0.2) is 0 Å². The topological polar surface area (TPSA) is 3.24 Å². The molecule has 1 heteroatoms. The van der Waals surface area contributed by atoms with Crippen LogP contribution in [0.3, 0.4) is 0 Å². The van der Waals surface area contributed by atoms with Crippen LogP contribution < -0.4 is 4.90 Å². The molecule has 0 spiro atoms. The van der Waals surface area contributed by atoms with E-state index in [1.165, 1.54) is 56.7 Å². The molecular weight excluding hydrogens is 518 g/mol. The average molecular weight is 560 g/mol. The monoisotopic (exact) mass is 559 g/mol. The van der Waals surface area contributed by atoms with Crippen molar-refractivity contribution in [2.24, 2.45) is 11.8 Å². The molecule has 3 aliphatic rings. The van der Waals surface area contributed by atoms with Gasteiger partial charge in [0.1, 0.15) is 0 Å². The summed E-state index contributed by atoms with van der Waals surface area (Å²) in [5.41, 5.74) is 16.3. The summed E-state index contributed by atoms with van der Waals surface area (Å²) in [6.07, 6.45) is 3.85. The van der Waals surface area contributed by atoms with Gasteiger partial charge in [0.05, 0.1) is 0 Å². The molecule has 1 nitrogen and oxygen atoms in total. The number of allylic oxidation sites excluding steroid dienone is 2. The van der Waals surface area contributed by atoms with E-state index in [0.29, 0.717) is 23.7 Å². The molecule has 0 heterocycles. The van der Waals surface area contributed by atoms with Gasteiger partial charge in [0.2, 0.25) is 0 Å². The van der Waals surface area contributed by atoms with Gasteiger partial charge in [-0.2, -0.15) is 0 Å². The summed E-state index contributed by atoms with van der Waals surface area (Å²) in [6, 6.07) is 42.6. The fourth-order valence-corrected chi connectivity index (χ4v) is 7.59. The van der Waals surface area contributed by atoms with Gasteiger partial charge in [0.25, 0.3) is 0 Å². The first-order valence-electron chi connectivity index (χ1n) is 15.8. The molecule has 3 unspecified atom stereocenters. The first-order valence-corrected chi connectivity index (χ1v) is 15.8. The van der Waals surface area contributed by atoms with Gasteiger partial charge in [-0.3, -0.25) is 0 Å². The highest BCUT2D eigenvalue weighted by Gasteiger charge is 2.42. The van der Waals surface area contributed by atoms with E-state index in [-0.39, 0.29) is 0 Å². The Labute approximate surface area is 257 Å². The highest BCUT2D eigenvalue weighted by molar-refractivity contribution is 5.82. The maximum Gasteiger partial charge on any atom is 0.0408 e. The molecule has 43 heavy (non-hydrogen) atoms. The van der Waals surface area contributed by atoms with Crippen molar-refractivity contribution < 1.29 is 0 Å². The molecule has 0 amide bonds. The summed E-state index contributed by atoms with van der Waals surface area (Å²) >= 11 is 0. The lowest BCUT2D eigenvalue weighted by Crippen LogP contribution is -2.32. The van der Waals surface area contributed by atoms with Crippen LogP contribution in [0.15, 0.2) is 127 Å². The van der Waals surface area contributed by atoms with Crippen LogP contribution in [0.4, 0.5) is 11.4 Å². The summed E-state index contributed by atoms with van der Waals surface area (Å²) in [5.74, 6) is 2.31. The van der Waals surface area contributed by atoms with E-state index in [1.54, 1.807) is 16.7 Å². The number of nitrogens with zero attached hydrogens (tertiary/aromatic N) is 1. The second-order valence-electron chi connectivity index (χ2n) is 13.0. The maximum absolute atomic E-state index is 2.60. The molecule has 0 aromatic heterocycles. The number of benzene rings is 5. The fourth-order valence-electron chi connectivity index (χ4n) is 7.59. The number of anilines is 2. The second kappa shape index (κ2) is 11.0. The third-order valence-corrected chi connectivity index (χ3v) is 10.1. The molecule has 0 saturated heterocycles. The highest BCUT2D eigenvalue weighted by Crippen LogP contribution is 2.58. The summed E-state index contributed by atoms with van der Waals surface area (Å²) in [5, 5.41) is 0. The molecule has 5 aromatic rings. The molecule has 0 radical (unpaired) electrons. The van der Waals surface area contributed by atoms with Gasteiger partial charge < -0.3 is 4.90 Å². The first kappa shape index (κ1) is 27.5. The Morgan fingerprint density at radius 3 is 1.67 bits per heavy atom. The Kier molecular flexibility index (Phi) is 7.06. The molecule has 0 N–H and O–H groups in total. The van der Waals surface area contributed by atoms with Crippen LogP contribution in [-0.4, -0.2) is 7.05 Å². The maximum atomic E-state index is 2.60. The van der Waals surface area contributed by atoms with Crippen molar-refractivity contribution >= 4 is 11.4 Å². The largest absolute Gasteiger partial charge is 0.345 e. The lowest BCUT2D eigenvalue weighted by atomic mass is 9.58. The quantitative estimate of drug-likeness (QED) is 0.187. The third-order valence-electron chi connectivity index (χ3n) is 10.1. The molecular formula is C42H41N. The molecule has 0 saturated carbocycles. The van der Waals surface area contributed by atoms with Crippen molar-refractivity contribution in [2.45, 2.75) is 46.0 Å². The molecule has 2 bridgehead atoms. The summed E-state index contributed by atoms with van der Waals surface area (Å²) in [7, 11) is 2.16. The van der Waals surface area contributed by atoms with Gasteiger partial charge in [-0.25, -0.2) is 0 Å². The van der Waals surface area contributed by atoms with Gasteiger partial charge >= 0.3 is 0 Å². The highest BCUT2D eigenvalue weighted by atomic mass is 15.1. The Balaban J connectivity index is 1.23. The lowest BCUT2D eigenvalue weighted by Gasteiger charge is -2.46. The molecule has 5 aromatic carbocycles. The summed E-state index contributed by atoms with van der Waals surface area (Å²) < 4.78 is 0. The zero-order chi connectivity index (χ0) is 29.7. The predicted molar refractivity (Wildman–Crippen MR) is 184 cm³/mol. The van der Waals surface area contributed by atoms with E-state index < -0.39 is 0 Å². The Morgan fingerprint density at radius 1 is 0.581 bits per heavy atom. The van der Waals surface area contributed by atoms with Crippen LogP contribution in [0.5, 0.6) is 0 Å². The van der Waals surface area contributed by atoms with E-state index >= 15 is 0 Å². The molecule has 0 aliphatic heterocycles. The normalized spacial score (nSPS) is 18.8. The molecule has 214 valence electrons. The van der Waals surface area contributed by atoms with Crippen molar-refractivity contribution in [1.82, 2.24) is 0 Å².